The molecule has 2 atom stereocenters. The fourth-order valence-electron chi connectivity index (χ4n) is 4.33. The number of likely N-dealkylation sites (tertiary alicyclic amines) is 1. The van der Waals surface area contributed by atoms with E-state index >= 15 is 0 Å². The van der Waals surface area contributed by atoms with E-state index in [2.05, 4.69) is 4.90 Å². The molecule has 2 fully saturated rings. The lowest BCUT2D eigenvalue weighted by Crippen LogP contribution is -2.51. The molecular weight excluding hydrogens is 371 g/mol. The number of ether oxygens (including phenoxy) is 2. The van der Waals surface area contributed by atoms with E-state index in [1.165, 1.54) is 32.1 Å². The molecule has 2 aromatic carbocycles. The van der Waals surface area contributed by atoms with Gasteiger partial charge in [0.2, 0.25) is 0 Å². The smallest absolute Gasteiger partial charge is 0.257 e. The average molecular weight is 398 g/mol. The third-order valence-corrected chi connectivity index (χ3v) is 5.80. The van der Waals surface area contributed by atoms with Crippen LogP contribution in [-0.2, 0) is 4.74 Å². The van der Waals surface area contributed by atoms with Crippen LogP contribution in [0.2, 0.25) is 0 Å². The molecule has 29 heavy (non-hydrogen) atoms. The van der Waals surface area contributed by atoms with Crippen LogP contribution in [-0.4, -0.2) is 61.7 Å². The first-order valence-electron chi connectivity index (χ1n) is 10.2. The molecule has 154 valence electrons. The van der Waals surface area contributed by atoms with E-state index in [0.717, 1.165) is 25.2 Å². The summed E-state index contributed by atoms with van der Waals surface area (Å²) in [4.78, 5) is 17.5. The van der Waals surface area contributed by atoms with E-state index in [-0.39, 0.29) is 23.6 Å². The van der Waals surface area contributed by atoms with Gasteiger partial charge in [-0.1, -0.05) is 30.3 Å². The van der Waals surface area contributed by atoms with Gasteiger partial charge in [-0.25, -0.2) is 4.39 Å². The molecule has 5 nitrogen and oxygen atoms in total. The van der Waals surface area contributed by atoms with Crippen molar-refractivity contribution < 1.29 is 18.7 Å². The summed E-state index contributed by atoms with van der Waals surface area (Å²) >= 11 is 0. The molecule has 0 spiro atoms. The highest BCUT2D eigenvalue weighted by atomic mass is 19.1. The van der Waals surface area contributed by atoms with E-state index in [1.807, 2.05) is 30.3 Å². The monoisotopic (exact) mass is 398 g/mol. The Labute approximate surface area is 171 Å². The van der Waals surface area contributed by atoms with Gasteiger partial charge in [-0.15, -0.1) is 0 Å². The minimum atomic E-state index is -0.566. The summed E-state index contributed by atoms with van der Waals surface area (Å²) in [7, 11) is 1.48. The maximum absolute atomic E-state index is 14.6. The van der Waals surface area contributed by atoms with E-state index in [9.17, 15) is 9.18 Å². The number of hydrogen-bond donors (Lipinski definition) is 0. The number of carbonyl (C=O) groups excluding carboxylic acids is 1. The molecule has 2 aromatic rings. The Morgan fingerprint density at radius 3 is 2.59 bits per heavy atom. The topological polar surface area (TPSA) is 42.0 Å². The molecule has 0 bridgehead atoms. The number of carbonyl (C=O) groups is 1. The normalized spacial score (nSPS) is 22.6. The van der Waals surface area contributed by atoms with Gasteiger partial charge in [-0.2, -0.15) is 0 Å². The SMILES string of the molecule is COc1ccc(C(=O)N2CCO[C@@H](CN3CCCC3)[C@@H]2c2ccccc2)c(F)c1. The largest absolute Gasteiger partial charge is 0.497 e. The van der Waals surface area contributed by atoms with Gasteiger partial charge in [0.15, 0.2) is 0 Å². The molecule has 2 saturated heterocycles. The Kier molecular flexibility index (Phi) is 6.11. The zero-order valence-corrected chi connectivity index (χ0v) is 16.7. The molecule has 0 radical (unpaired) electrons. The van der Waals surface area contributed by atoms with Gasteiger partial charge >= 0.3 is 0 Å². The fourth-order valence-corrected chi connectivity index (χ4v) is 4.33. The third kappa shape index (κ3) is 4.28. The standard InChI is InChI=1S/C23H27FN2O3/c1-28-18-9-10-19(20(24)15-18)23(27)26-13-14-29-21(16-25-11-5-6-12-25)22(26)17-7-3-2-4-8-17/h2-4,7-10,15,21-22H,5-6,11-14,16H2,1H3/t21-,22-/m0/s1. The van der Waals surface area contributed by atoms with Crippen LogP contribution in [0.5, 0.6) is 5.75 Å². The van der Waals surface area contributed by atoms with Gasteiger partial charge in [-0.05, 0) is 43.6 Å². The van der Waals surface area contributed by atoms with Crippen molar-refractivity contribution >= 4 is 5.91 Å². The number of morpholine rings is 1. The van der Waals surface area contributed by atoms with Crippen LogP contribution >= 0.6 is 0 Å². The van der Waals surface area contributed by atoms with Crippen LogP contribution in [0.4, 0.5) is 4.39 Å². The molecule has 0 aliphatic carbocycles. The summed E-state index contributed by atoms with van der Waals surface area (Å²) in [6.45, 7) is 3.77. The van der Waals surface area contributed by atoms with Gasteiger partial charge in [-0.3, -0.25) is 4.79 Å². The minimum absolute atomic E-state index is 0.0635. The predicted octanol–water partition coefficient (Wildman–Crippen LogP) is 3.51. The molecule has 0 unspecified atom stereocenters. The molecule has 2 heterocycles. The lowest BCUT2D eigenvalue weighted by molar-refractivity contribution is -0.0708. The second-order valence-corrected chi connectivity index (χ2v) is 7.62. The summed E-state index contributed by atoms with van der Waals surface area (Å²) < 4.78 is 25.8. The zero-order chi connectivity index (χ0) is 20.2. The number of methoxy groups -OCH3 is 1. The second-order valence-electron chi connectivity index (χ2n) is 7.62. The van der Waals surface area contributed by atoms with Crippen LogP contribution in [0.3, 0.4) is 0 Å². The Morgan fingerprint density at radius 2 is 1.90 bits per heavy atom. The van der Waals surface area contributed by atoms with Crippen molar-refractivity contribution in [3.05, 3.63) is 65.5 Å². The quantitative estimate of drug-likeness (QED) is 0.773. The van der Waals surface area contributed by atoms with Crippen molar-refractivity contribution in [2.75, 3.05) is 39.9 Å². The molecule has 2 aliphatic heterocycles. The van der Waals surface area contributed by atoms with Gasteiger partial charge in [0, 0.05) is 19.2 Å². The minimum Gasteiger partial charge on any atom is -0.497 e. The second kappa shape index (κ2) is 8.93. The summed E-state index contributed by atoms with van der Waals surface area (Å²) in [5.74, 6) is -0.481. The lowest BCUT2D eigenvalue weighted by atomic mass is 9.96. The van der Waals surface area contributed by atoms with Crippen molar-refractivity contribution in [2.45, 2.75) is 25.0 Å². The van der Waals surface area contributed by atoms with E-state index < -0.39 is 5.82 Å². The predicted molar refractivity (Wildman–Crippen MR) is 109 cm³/mol. The molecule has 6 heteroatoms. The van der Waals surface area contributed by atoms with Crippen LogP contribution in [0, 0.1) is 5.82 Å². The third-order valence-electron chi connectivity index (χ3n) is 5.80. The van der Waals surface area contributed by atoms with Crippen LogP contribution < -0.4 is 4.74 Å². The van der Waals surface area contributed by atoms with Gasteiger partial charge in [0.1, 0.15) is 11.6 Å². The number of nitrogens with zero attached hydrogens (tertiary/aromatic N) is 2. The first-order valence-corrected chi connectivity index (χ1v) is 10.2. The number of rotatable bonds is 5. The Hall–Kier alpha value is -2.44. The lowest BCUT2D eigenvalue weighted by Gasteiger charge is -2.42. The van der Waals surface area contributed by atoms with Crippen molar-refractivity contribution in [1.29, 1.82) is 0 Å². The average Bonchev–Trinajstić information content (AvgIpc) is 3.26. The van der Waals surface area contributed by atoms with Crippen molar-refractivity contribution in [1.82, 2.24) is 9.80 Å². The number of benzene rings is 2. The summed E-state index contributed by atoms with van der Waals surface area (Å²) in [6, 6.07) is 14.0. The highest BCUT2D eigenvalue weighted by molar-refractivity contribution is 5.95. The molecule has 1 amide bonds. The number of hydrogen-bond acceptors (Lipinski definition) is 4. The van der Waals surface area contributed by atoms with Crippen LogP contribution in [0.1, 0.15) is 34.8 Å². The van der Waals surface area contributed by atoms with Gasteiger partial charge in [0.25, 0.3) is 5.91 Å². The van der Waals surface area contributed by atoms with Crippen molar-refractivity contribution in [3.8, 4) is 5.75 Å². The van der Waals surface area contributed by atoms with E-state index in [4.69, 9.17) is 9.47 Å². The summed E-state index contributed by atoms with van der Waals surface area (Å²) in [6.07, 6.45) is 2.25. The first kappa shape index (κ1) is 19.9. The summed E-state index contributed by atoms with van der Waals surface area (Å²) in [5.41, 5.74) is 1.08. The van der Waals surface area contributed by atoms with E-state index in [1.54, 1.807) is 11.0 Å². The maximum Gasteiger partial charge on any atom is 0.257 e. The molecule has 0 saturated carbocycles. The molecular formula is C23H27FN2O3. The van der Waals surface area contributed by atoms with Crippen LogP contribution in [0.15, 0.2) is 48.5 Å². The summed E-state index contributed by atoms with van der Waals surface area (Å²) in [5, 5.41) is 0. The zero-order valence-electron chi connectivity index (χ0n) is 16.7. The Balaban J connectivity index is 1.65. The molecule has 2 aliphatic rings. The highest BCUT2D eigenvalue weighted by Gasteiger charge is 2.38. The highest BCUT2D eigenvalue weighted by Crippen LogP contribution is 2.33. The Bertz CT molecular complexity index is 839. The first-order chi connectivity index (χ1) is 14.2. The van der Waals surface area contributed by atoms with Crippen molar-refractivity contribution in [2.24, 2.45) is 0 Å². The van der Waals surface area contributed by atoms with Crippen molar-refractivity contribution in [3.63, 3.8) is 0 Å². The number of halogens is 1. The van der Waals surface area contributed by atoms with Gasteiger partial charge in [0.05, 0.1) is 31.4 Å². The van der Waals surface area contributed by atoms with E-state index in [0.29, 0.717) is 18.9 Å². The molecule has 0 aromatic heterocycles. The molecule has 0 N–H and O–H groups in total. The van der Waals surface area contributed by atoms with Gasteiger partial charge < -0.3 is 19.3 Å². The number of amides is 1. The fraction of sp³-hybridized carbons (Fsp3) is 0.435. The Morgan fingerprint density at radius 1 is 1.14 bits per heavy atom. The van der Waals surface area contributed by atoms with Crippen LogP contribution in [0.25, 0.3) is 0 Å². The molecule has 4 rings (SSSR count). The maximum atomic E-state index is 14.6.